The van der Waals surface area contributed by atoms with E-state index in [2.05, 4.69) is 5.10 Å². The molecule has 0 aliphatic carbocycles. The molecule has 2 aromatic heterocycles. The molecule has 5 atom stereocenters. The van der Waals surface area contributed by atoms with Gasteiger partial charge in [-0.05, 0) is 41.8 Å². The number of aryl methyl sites for hydroxylation is 1. The van der Waals surface area contributed by atoms with E-state index in [1.807, 2.05) is 13.0 Å². The summed E-state index contributed by atoms with van der Waals surface area (Å²) >= 11 is 6.32. The lowest BCUT2D eigenvalue weighted by Crippen LogP contribution is -2.55. The van der Waals surface area contributed by atoms with Gasteiger partial charge in [-0.15, -0.1) is 5.10 Å². The second-order valence-electron chi connectivity index (χ2n) is 7.48. The molecule has 4 rings (SSSR count). The number of aliphatic hydroxyl groups is 4. The number of hydrogen-bond acceptors (Lipinski definition) is 7. The number of aromatic nitrogens is 3. The summed E-state index contributed by atoms with van der Waals surface area (Å²) in [5.74, 6) is 0. The number of pyridine rings is 1. The van der Waals surface area contributed by atoms with Gasteiger partial charge in [-0.25, -0.2) is 9.48 Å². The van der Waals surface area contributed by atoms with Crippen LogP contribution in [0.25, 0.3) is 5.65 Å². The number of nitrogens with zero attached hydrogens (tertiary/aromatic N) is 3. The third-order valence-electron chi connectivity index (χ3n) is 5.34. The summed E-state index contributed by atoms with van der Waals surface area (Å²) in [4.78, 5) is 12.7. The molecular weight excluding hydrogens is 414 g/mol. The molecule has 4 N–H and O–H groups in total. The largest absolute Gasteiger partial charge is 0.394 e. The zero-order valence-corrected chi connectivity index (χ0v) is 16.8. The van der Waals surface area contributed by atoms with Crippen LogP contribution in [-0.2, 0) is 11.3 Å². The Balaban J connectivity index is 1.67. The molecule has 0 amide bonds. The highest BCUT2D eigenvalue weighted by atomic mass is 35.5. The van der Waals surface area contributed by atoms with Crippen LogP contribution >= 0.6 is 11.6 Å². The molecule has 0 spiro atoms. The molecule has 1 saturated heterocycles. The van der Waals surface area contributed by atoms with Crippen molar-refractivity contribution in [2.45, 2.75) is 44.0 Å². The summed E-state index contributed by atoms with van der Waals surface area (Å²) in [6, 6.07) is 8.47. The Morgan fingerprint density at radius 2 is 1.90 bits per heavy atom. The number of ether oxygens (including phenoxy) is 1. The predicted octanol–water partition coefficient (Wildman–Crippen LogP) is 0.0210. The molecule has 0 radical (unpaired) electrons. The van der Waals surface area contributed by atoms with Gasteiger partial charge in [0.1, 0.15) is 30.5 Å². The van der Waals surface area contributed by atoms with Gasteiger partial charge in [0, 0.05) is 11.2 Å². The highest BCUT2D eigenvalue weighted by Gasteiger charge is 2.44. The van der Waals surface area contributed by atoms with Crippen molar-refractivity contribution in [1.29, 1.82) is 0 Å². The molecule has 1 aliphatic heterocycles. The first-order valence-corrected chi connectivity index (χ1v) is 9.82. The van der Waals surface area contributed by atoms with Crippen LogP contribution in [0.3, 0.4) is 0 Å². The zero-order valence-electron chi connectivity index (χ0n) is 16.1. The van der Waals surface area contributed by atoms with E-state index >= 15 is 0 Å². The first-order chi connectivity index (χ1) is 14.3. The van der Waals surface area contributed by atoms with Gasteiger partial charge in [0.25, 0.3) is 0 Å². The highest BCUT2D eigenvalue weighted by Crippen LogP contribution is 2.34. The average molecular weight is 436 g/mol. The Morgan fingerprint density at radius 3 is 2.63 bits per heavy atom. The Kier molecular flexibility index (Phi) is 5.67. The fraction of sp³-hybridized carbons (Fsp3) is 0.400. The Bertz CT molecular complexity index is 1130. The molecule has 3 aromatic rings. The van der Waals surface area contributed by atoms with Crippen LogP contribution in [0.1, 0.15) is 22.8 Å². The maximum Gasteiger partial charge on any atom is 0.350 e. The van der Waals surface area contributed by atoms with E-state index in [0.29, 0.717) is 21.8 Å². The van der Waals surface area contributed by atoms with Crippen LogP contribution < -0.4 is 5.69 Å². The third-order valence-corrected chi connectivity index (χ3v) is 5.70. The van der Waals surface area contributed by atoms with E-state index in [4.69, 9.17) is 16.3 Å². The van der Waals surface area contributed by atoms with Gasteiger partial charge in [-0.2, -0.15) is 0 Å². The van der Waals surface area contributed by atoms with E-state index in [1.165, 1.54) is 9.08 Å². The lowest BCUT2D eigenvalue weighted by Gasteiger charge is -2.40. The standard InChI is InChI=1S/C20H22ClN3O6/c1-10-2-5-15-22-24(20(29)23(15)7-10)8-12-6-11(3-4-13(12)21)19-18(28)17(27)16(26)14(9-25)30-19/h2-7,14,16-19,25-28H,8-9H2,1H3/t14-,16-,17+,18-,19+/m1/s1. The third kappa shape index (κ3) is 3.64. The quantitative estimate of drug-likeness (QED) is 0.454. The van der Waals surface area contributed by atoms with Crippen LogP contribution in [0.4, 0.5) is 0 Å². The SMILES string of the molecule is Cc1ccc2nn(Cc3cc([C@@H]4O[C@H](CO)[C@@H](O)[C@H](O)[C@H]4O)ccc3Cl)c(=O)n2c1. The first-order valence-electron chi connectivity index (χ1n) is 9.45. The van der Waals surface area contributed by atoms with Crippen molar-refractivity contribution in [3.63, 3.8) is 0 Å². The lowest BCUT2D eigenvalue weighted by atomic mass is 9.90. The molecule has 160 valence electrons. The minimum absolute atomic E-state index is 0.0870. The van der Waals surface area contributed by atoms with Crippen LogP contribution in [-0.4, -0.2) is 65.6 Å². The van der Waals surface area contributed by atoms with Crippen LogP contribution in [0.2, 0.25) is 5.02 Å². The van der Waals surface area contributed by atoms with Crippen molar-refractivity contribution < 1.29 is 25.2 Å². The molecule has 30 heavy (non-hydrogen) atoms. The Labute approximate surface area is 176 Å². The topological polar surface area (TPSA) is 129 Å². The lowest BCUT2D eigenvalue weighted by molar-refractivity contribution is -0.231. The number of fused-ring (bicyclic) bond motifs is 1. The highest BCUT2D eigenvalue weighted by molar-refractivity contribution is 6.31. The van der Waals surface area contributed by atoms with Crippen LogP contribution in [0.15, 0.2) is 41.3 Å². The Morgan fingerprint density at radius 1 is 1.13 bits per heavy atom. The summed E-state index contributed by atoms with van der Waals surface area (Å²) in [7, 11) is 0. The molecule has 10 heteroatoms. The van der Waals surface area contributed by atoms with E-state index in [9.17, 15) is 25.2 Å². The van der Waals surface area contributed by atoms with Crippen molar-refractivity contribution in [3.8, 4) is 0 Å². The normalized spacial score (nSPS) is 26.9. The van der Waals surface area contributed by atoms with Gasteiger partial charge in [0.05, 0.1) is 13.2 Å². The van der Waals surface area contributed by atoms with E-state index in [1.54, 1.807) is 30.5 Å². The molecule has 0 saturated carbocycles. The van der Waals surface area contributed by atoms with Gasteiger partial charge >= 0.3 is 5.69 Å². The number of rotatable bonds is 4. The molecule has 3 heterocycles. The summed E-state index contributed by atoms with van der Waals surface area (Å²) in [5, 5.41) is 44.5. The fourth-order valence-corrected chi connectivity index (χ4v) is 3.84. The number of halogens is 1. The molecule has 0 bridgehead atoms. The molecule has 9 nitrogen and oxygen atoms in total. The summed E-state index contributed by atoms with van der Waals surface area (Å²) < 4.78 is 8.34. The number of aliphatic hydroxyl groups excluding tert-OH is 4. The molecule has 1 aromatic carbocycles. The second-order valence-corrected chi connectivity index (χ2v) is 7.88. The zero-order chi connectivity index (χ0) is 21.6. The van der Waals surface area contributed by atoms with Crippen molar-refractivity contribution in [2.75, 3.05) is 6.61 Å². The van der Waals surface area contributed by atoms with Gasteiger partial charge in [-0.3, -0.25) is 4.40 Å². The average Bonchev–Trinajstić information content (AvgIpc) is 3.03. The maximum atomic E-state index is 12.7. The van der Waals surface area contributed by atoms with Crippen molar-refractivity contribution >= 4 is 17.2 Å². The molecule has 1 aliphatic rings. The van der Waals surface area contributed by atoms with Gasteiger partial charge < -0.3 is 25.2 Å². The second kappa shape index (κ2) is 8.10. The maximum absolute atomic E-state index is 12.7. The van der Waals surface area contributed by atoms with Gasteiger partial charge in [-0.1, -0.05) is 23.7 Å². The van der Waals surface area contributed by atoms with Crippen molar-refractivity contribution in [3.05, 3.63) is 68.7 Å². The minimum Gasteiger partial charge on any atom is -0.394 e. The van der Waals surface area contributed by atoms with Gasteiger partial charge in [0.2, 0.25) is 0 Å². The van der Waals surface area contributed by atoms with E-state index in [-0.39, 0.29) is 12.2 Å². The summed E-state index contributed by atoms with van der Waals surface area (Å²) in [6.07, 6.45) is -4.63. The fourth-order valence-electron chi connectivity index (χ4n) is 3.66. The molecule has 1 fully saturated rings. The monoisotopic (exact) mass is 435 g/mol. The summed E-state index contributed by atoms with van der Waals surface area (Å²) in [5.41, 5.74) is 2.16. The molecule has 0 unspecified atom stereocenters. The first kappa shape index (κ1) is 21.0. The number of benzene rings is 1. The van der Waals surface area contributed by atoms with Gasteiger partial charge in [0.15, 0.2) is 5.65 Å². The Hall–Kier alpha value is -2.27. The van der Waals surface area contributed by atoms with Crippen molar-refractivity contribution in [2.24, 2.45) is 0 Å². The smallest absolute Gasteiger partial charge is 0.350 e. The molecular formula is C20H22ClN3O6. The summed E-state index contributed by atoms with van der Waals surface area (Å²) in [6.45, 7) is 1.45. The number of hydrogen-bond donors (Lipinski definition) is 4. The minimum atomic E-state index is -1.48. The van der Waals surface area contributed by atoms with Crippen molar-refractivity contribution in [1.82, 2.24) is 14.2 Å². The van der Waals surface area contributed by atoms with E-state index in [0.717, 1.165) is 5.56 Å². The van der Waals surface area contributed by atoms with Crippen LogP contribution in [0.5, 0.6) is 0 Å². The predicted molar refractivity (Wildman–Crippen MR) is 107 cm³/mol. The van der Waals surface area contributed by atoms with E-state index < -0.39 is 37.1 Å². The van der Waals surface area contributed by atoms with Crippen LogP contribution in [0, 0.1) is 6.92 Å².